The fraction of sp³-hybridized carbons (Fsp3) is 0.0833. The largest absolute Gasteiger partial charge is 0.406 e. The van der Waals surface area contributed by atoms with Crippen molar-refractivity contribution in [3.05, 3.63) is 106 Å². The summed E-state index contributed by atoms with van der Waals surface area (Å²) in [6.07, 6.45) is -0.240. The summed E-state index contributed by atoms with van der Waals surface area (Å²) in [5.74, 6) is -1.57. The van der Waals surface area contributed by atoms with Crippen molar-refractivity contribution >= 4 is 21.5 Å². The van der Waals surface area contributed by atoms with Crippen molar-refractivity contribution in [3.8, 4) is 11.6 Å². The molecular formula is C24H18FN3O6S. The number of ether oxygens (including phenoxy) is 1. The van der Waals surface area contributed by atoms with Gasteiger partial charge in [0.25, 0.3) is 5.69 Å². The maximum atomic E-state index is 13.5. The summed E-state index contributed by atoms with van der Waals surface area (Å²) in [5.41, 5.74) is 0.715. The van der Waals surface area contributed by atoms with Crippen LogP contribution in [0.15, 0.2) is 88.7 Å². The highest BCUT2D eigenvalue weighted by Gasteiger charge is 2.32. The van der Waals surface area contributed by atoms with Crippen LogP contribution in [0.3, 0.4) is 0 Å². The lowest BCUT2D eigenvalue weighted by atomic mass is 10.1. The van der Waals surface area contributed by atoms with Crippen molar-refractivity contribution in [1.29, 1.82) is 0 Å². The smallest absolute Gasteiger partial charge is 0.317 e. The molecule has 1 heterocycles. The van der Waals surface area contributed by atoms with Gasteiger partial charge in [-0.05, 0) is 48.9 Å². The number of esters is 1. The Morgan fingerprint density at radius 2 is 1.66 bits per heavy atom. The van der Waals surface area contributed by atoms with Gasteiger partial charge in [0.1, 0.15) is 5.82 Å². The minimum absolute atomic E-state index is 0.0665. The lowest BCUT2D eigenvalue weighted by Crippen LogP contribution is -2.16. The number of carbonyl (C=O) groups excluding carboxylic acids is 1. The summed E-state index contributed by atoms with van der Waals surface area (Å²) in [6.45, 7) is 1.45. The minimum atomic E-state index is -4.29. The lowest BCUT2D eigenvalue weighted by Gasteiger charge is -2.11. The van der Waals surface area contributed by atoms with Gasteiger partial charge in [-0.25, -0.2) is 12.8 Å². The first-order valence-electron chi connectivity index (χ1n) is 10.3. The van der Waals surface area contributed by atoms with Crippen molar-refractivity contribution in [2.75, 3.05) is 0 Å². The van der Waals surface area contributed by atoms with Crippen molar-refractivity contribution < 1.29 is 27.3 Å². The molecule has 3 aromatic carbocycles. The molecule has 0 fully saturated rings. The molecular weight excluding hydrogens is 477 g/mol. The monoisotopic (exact) mass is 495 g/mol. The van der Waals surface area contributed by atoms with Gasteiger partial charge in [0, 0.05) is 12.1 Å². The average Bonchev–Trinajstić information content (AvgIpc) is 3.17. The zero-order chi connectivity index (χ0) is 25.2. The molecule has 0 aliphatic carbocycles. The van der Waals surface area contributed by atoms with E-state index in [9.17, 15) is 27.7 Å². The third kappa shape index (κ3) is 4.94. The second-order valence-electron chi connectivity index (χ2n) is 7.50. The molecule has 35 heavy (non-hydrogen) atoms. The van der Waals surface area contributed by atoms with Gasteiger partial charge in [0.05, 0.1) is 27.6 Å². The Hall–Kier alpha value is -4.38. The Bertz CT molecular complexity index is 1500. The van der Waals surface area contributed by atoms with Gasteiger partial charge in [0.2, 0.25) is 15.7 Å². The van der Waals surface area contributed by atoms with Crippen LogP contribution in [-0.4, -0.2) is 29.1 Å². The van der Waals surface area contributed by atoms with Crippen LogP contribution in [0.4, 0.5) is 10.1 Å². The van der Waals surface area contributed by atoms with E-state index in [-0.39, 0.29) is 33.5 Å². The molecule has 0 atom stereocenters. The standard InChI is InChI=1S/C24H18FN3O6S/c1-16-23(35(32,33)21-13-11-20(12-14-21)28(30)31)24(27(26-16)19-5-3-2-4-6-19)34-22(29)15-17-7-9-18(25)10-8-17/h2-14H,15H2,1H3. The van der Waals surface area contributed by atoms with Crippen LogP contribution >= 0.6 is 0 Å². The van der Waals surface area contributed by atoms with E-state index < -0.39 is 26.5 Å². The highest BCUT2D eigenvalue weighted by Crippen LogP contribution is 2.35. The molecule has 0 radical (unpaired) electrons. The number of nitrogens with zero attached hydrogens (tertiary/aromatic N) is 3. The molecule has 0 amide bonds. The van der Waals surface area contributed by atoms with Crippen molar-refractivity contribution in [3.63, 3.8) is 0 Å². The molecule has 0 bridgehead atoms. The number of carbonyl (C=O) groups is 1. The molecule has 0 saturated heterocycles. The van der Waals surface area contributed by atoms with Crippen LogP contribution in [-0.2, 0) is 21.1 Å². The van der Waals surface area contributed by atoms with Gasteiger partial charge >= 0.3 is 5.97 Å². The average molecular weight is 495 g/mol. The number of benzene rings is 3. The normalized spacial score (nSPS) is 11.3. The van der Waals surface area contributed by atoms with Crippen molar-refractivity contribution in [1.82, 2.24) is 9.78 Å². The number of para-hydroxylation sites is 1. The third-order valence-corrected chi connectivity index (χ3v) is 6.97. The molecule has 178 valence electrons. The predicted octanol–water partition coefficient (Wildman–Crippen LogP) is 4.21. The number of sulfone groups is 1. The number of halogens is 1. The maximum absolute atomic E-state index is 13.5. The molecule has 0 N–H and O–H groups in total. The number of rotatable bonds is 7. The summed E-state index contributed by atoms with van der Waals surface area (Å²) >= 11 is 0. The zero-order valence-electron chi connectivity index (χ0n) is 18.3. The molecule has 11 heteroatoms. The Labute approximate surface area is 199 Å². The first-order valence-corrected chi connectivity index (χ1v) is 11.7. The molecule has 0 spiro atoms. The first-order chi connectivity index (χ1) is 16.7. The summed E-state index contributed by atoms with van der Waals surface area (Å²) in [6, 6.07) is 18.1. The predicted molar refractivity (Wildman–Crippen MR) is 123 cm³/mol. The van der Waals surface area contributed by atoms with Gasteiger partial charge in [-0.2, -0.15) is 9.78 Å². The summed E-state index contributed by atoms with van der Waals surface area (Å²) in [7, 11) is -4.29. The van der Waals surface area contributed by atoms with Crippen LogP contribution in [0.2, 0.25) is 0 Å². The molecule has 0 saturated carbocycles. The highest BCUT2D eigenvalue weighted by atomic mass is 32.2. The molecule has 4 aromatic rings. The van der Waals surface area contributed by atoms with Crippen LogP contribution in [0.5, 0.6) is 5.88 Å². The molecule has 0 aliphatic rings. The molecule has 4 rings (SSSR count). The van der Waals surface area contributed by atoms with Gasteiger partial charge < -0.3 is 4.74 Å². The third-order valence-electron chi connectivity index (χ3n) is 5.06. The van der Waals surface area contributed by atoms with Crippen molar-refractivity contribution in [2.24, 2.45) is 0 Å². The van der Waals surface area contributed by atoms with Crippen LogP contribution in [0.25, 0.3) is 5.69 Å². The Morgan fingerprint density at radius 1 is 1.03 bits per heavy atom. The first kappa shape index (κ1) is 23.8. The number of nitro benzene ring substituents is 1. The Morgan fingerprint density at radius 3 is 2.26 bits per heavy atom. The molecule has 1 aromatic heterocycles. The molecule has 0 unspecified atom stereocenters. The van der Waals surface area contributed by atoms with E-state index in [1.54, 1.807) is 30.3 Å². The van der Waals surface area contributed by atoms with E-state index in [0.717, 1.165) is 24.3 Å². The number of nitro groups is 1. The quantitative estimate of drug-likeness (QED) is 0.214. The van der Waals surface area contributed by atoms with E-state index in [2.05, 4.69) is 5.10 Å². The maximum Gasteiger partial charge on any atom is 0.317 e. The van der Waals surface area contributed by atoms with E-state index in [1.165, 1.54) is 35.9 Å². The van der Waals surface area contributed by atoms with Crippen LogP contribution in [0, 0.1) is 22.9 Å². The lowest BCUT2D eigenvalue weighted by molar-refractivity contribution is -0.384. The van der Waals surface area contributed by atoms with Gasteiger partial charge in [-0.1, -0.05) is 30.3 Å². The van der Waals surface area contributed by atoms with E-state index in [0.29, 0.717) is 11.3 Å². The summed E-state index contributed by atoms with van der Waals surface area (Å²) < 4.78 is 47.0. The number of non-ortho nitro benzene ring substituents is 1. The van der Waals surface area contributed by atoms with Gasteiger partial charge in [-0.15, -0.1) is 0 Å². The fourth-order valence-corrected chi connectivity index (χ4v) is 4.93. The highest BCUT2D eigenvalue weighted by molar-refractivity contribution is 7.91. The van der Waals surface area contributed by atoms with E-state index in [4.69, 9.17) is 4.74 Å². The van der Waals surface area contributed by atoms with Crippen LogP contribution in [0.1, 0.15) is 11.3 Å². The Balaban J connectivity index is 1.79. The Kier molecular flexibility index (Phi) is 6.43. The van der Waals surface area contributed by atoms with E-state index in [1.807, 2.05) is 0 Å². The second-order valence-corrected chi connectivity index (χ2v) is 9.39. The number of hydrogen-bond acceptors (Lipinski definition) is 7. The number of aryl methyl sites for hydroxylation is 1. The number of hydrogen-bond donors (Lipinski definition) is 0. The second kappa shape index (κ2) is 9.47. The topological polar surface area (TPSA) is 121 Å². The summed E-state index contributed by atoms with van der Waals surface area (Å²) in [5, 5.41) is 15.2. The fourth-order valence-electron chi connectivity index (χ4n) is 3.41. The van der Waals surface area contributed by atoms with Gasteiger partial charge in [-0.3, -0.25) is 14.9 Å². The SMILES string of the molecule is Cc1nn(-c2ccccc2)c(OC(=O)Cc2ccc(F)cc2)c1S(=O)(=O)c1ccc([N+](=O)[O-])cc1. The number of aromatic nitrogens is 2. The molecule has 9 nitrogen and oxygen atoms in total. The van der Waals surface area contributed by atoms with Crippen molar-refractivity contribution in [2.45, 2.75) is 23.1 Å². The molecule has 0 aliphatic heterocycles. The summed E-state index contributed by atoms with van der Waals surface area (Å²) in [4.78, 5) is 22.5. The van der Waals surface area contributed by atoms with Gasteiger partial charge in [0.15, 0.2) is 4.90 Å². The minimum Gasteiger partial charge on any atom is -0.406 e. The van der Waals surface area contributed by atoms with Crippen LogP contribution < -0.4 is 4.74 Å². The van der Waals surface area contributed by atoms with E-state index >= 15 is 0 Å². The zero-order valence-corrected chi connectivity index (χ0v) is 19.1.